The van der Waals surface area contributed by atoms with Crippen LogP contribution in [0.3, 0.4) is 0 Å². The summed E-state index contributed by atoms with van der Waals surface area (Å²) in [6.07, 6.45) is 3.73. The van der Waals surface area contributed by atoms with Crippen LogP contribution in [-0.4, -0.2) is 36.9 Å². The molecule has 0 saturated carbocycles. The lowest BCUT2D eigenvalue weighted by molar-refractivity contribution is -0.140. The molecule has 0 aromatic heterocycles. The van der Waals surface area contributed by atoms with E-state index >= 15 is 0 Å². The van der Waals surface area contributed by atoms with Crippen molar-refractivity contribution in [2.24, 2.45) is 5.92 Å². The topological polar surface area (TPSA) is 76.1 Å². The number of fused-ring (bicyclic) bond motifs is 6. The monoisotopic (exact) mass is 501 g/mol. The van der Waals surface area contributed by atoms with Crippen molar-refractivity contribution in [3.63, 3.8) is 0 Å². The van der Waals surface area contributed by atoms with Gasteiger partial charge in [-0.15, -0.1) is 0 Å². The Hall–Kier alpha value is -3.77. The lowest BCUT2D eigenvalue weighted by atomic mass is 9.78. The van der Waals surface area contributed by atoms with Gasteiger partial charge in [-0.1, -0.05) is 72.3 Å². The van der Waals surface area contributed by atoms with Crippen molar-refractivity contribution in [2.45, 2.75) is 24.3 Å². The van der Waals surface area contributed by atoms with Crippen LogP contribution in [0, 0.1) is 5.92 Å². The fraction of sp³-hybridized carbons (Fsp3) is 0.241. The predicted octanol–water partition coefficient (Wildman–Crippen LogP) is 6.23. The van der Waals surface area contributed by atoms with E-state index in [4.69, 9.17) is 21.1 Å². The van der Waals surface area contributed by atoms with Crippen molar-refractivity contribution in [3.8, 4) is 16.9 Å². The largest absolute Gasteiger partial charge is 0.495 e. The van der Waals surface area contributed by atoms with E-state index in [-0.39, 0.29) is 24.4 Å². The first kappa shape index (κ1) is 22.7. The third-order valence-electron chi connectivity index (χ3n) is 7.60. The highest BCUT2D eigenvalue weighted by Gasteiger charge is 2.50. The van der Waals surface area contributed by atoms with E-state index in [1.54, 1.807) is 12.1 Å². The van der Waals surface area contributed by atoms with Crippen LogP contribution in [0.4, 0.5) is 10.5 Å². The summed E-state index contributed by atoms with van der Waals surface area (Å²) in [7, 11) is 1.49. The van der Waals surface area contributed by atoms with Gasteiger partial charge in [0, 0.05) is 28.3 Å². The molecule has 0 saturated heterocycles. The van der Waals surface area contributed by atoms with E-state index in [0.29, 0.717) is 28.4 Å². The Bertz CT molecular complexity index is 1370. The van der Waals surface area contributed by atoms with Gasteiger partial charge in [0.25, 0.3) is 0 Å². The number of rotatable bonds is 4. The second kappa shape index (κ2) is 8.71. The molecule has 1 heterocycles. The molecule has 2 aliphatic carbocycles. The van der Waals surface area contributed by atoms with Gasteiger partial charge in [-0.25, -0.2) is 9.59 Å². The number of hydrogen-bond acceptors (Lipinski definition) is 4. The third kappa shape index (κ3) is 3.32. The van der Waals surface area contributed by atoms with Gasteiger partial charge in [0.1, 0.15) is 18.4 Å². The van der Waals surface area contributed by atoms with Gasteiger partial charge in [-0.05, 0) is 40.8 Å². The molecule has 0 unspecified atom stereocenters. The molecule has 1 aliphatic heterocycles. The summed E-state index contributed by atoms with van der Waals surface area (Å²) in [5.41, 5.74) is 5.47. The molecule has 0 fully saturated rings. The first-order valence-electron chi connectivity index (χ1n) is 11.9. The van der Waals surface area contributed by atoms with E-state index in [9.17, 15) is 14.7 Å². The Morgan fingerprint density at radius 1 is 1.03 bits per heavy atom. The number of carboxylic acids is 1. The van der Waals surface area contributed by atoms with Crippen molar-refractivity contribution in [2.75, 3.05) is 18.6 Å². The molecule has 3 atom stereocenters. The fourth-order valence-corrected chi connectivity index (χ4v) is 6.37. The number of anilines is 1. The molecule has 0 radical (unpaired) electrons. The number of nitrogens with zero attached hydrogens (tertiary/aromatic N) is 1. The van der Waals surface area contributed by atoms with Crippen molar-refractivity contribution >= 4 is 29.4 Å². The van der Waals surface area contributed by atoms with E-state index < -0.39 is 18.1 Å². The number of benzene rings is 3. The molecule has 0 bridgehead atoms. The van der Waals surface area contributed by atoms with Crippen LogP contribution in [0.1, 0.15) is 34.9 Å². The summed E-state index contributed by atoms with van der Waals surface area (Å²) in [5, 5.41) is 10.7. The molecule has 0 spiro atoms. The maximum atomic E-state index is 13.7. The van der Waals surface area contributed by atoms with Gasteiger partial charge in [0.2, 0.25) is 0 Å². The van der Waals surface area contributed by atoms with Crippen molar-refractivity contribution in [3.05, 3.63) is 94.5 Å². The molecule has 6 rings (SSSR count). The molecule has 1 N–H and O–H groups in total. The Morgan fingerprint density at radius 2 is 1.69 bits per heavy atom. The molecule has 36 heavy (non-hydrogen) atoms. The number of hydrogen-bond donors (Lipinski definition) is 1. The van der Waals surface area contributed by atoms with Crippen molar-refractivity contribution < 1.29 is 24.2 Å². The Labute approximate surface area is 213 Å². The normalized spacial score (nSPS) is 21.4. The van der Waals surface area contributed by atoms with Crippen molar-refractivity contribution in [1.82, 2.24) is 0 Å². The van der Waals surface area contributed by atoms with E-state index in [1.165, 1.54) is 12.0 Å². The zero-order valence-electron chi connectivity index (χ0n) is 19.6. The van der Waals surface area contributed by atoms with Crippen LogP contribution < -0.4 is 9.64 Å². The number of carbonyl (C=O) groups excluding carboxylic acids is 1. The third-order valence-corrected chi connectivity index (χ3v) is 7.93. The number of ether oxygens (including phenoxy) is 2. The number of carbonyl (C=O) groups is 2. The highest BCUT2D eigenvalue weighted by molar-refractivity contribution is 6.32. The second-order valence-corrected chi connectivity index (χ2v) is 9.73. The Morgan fingerprint density at radius 3 is 2.33 bits per heavy atom. The van der Waals surface area contributed by atoms with Crippen LogP contribution in [-0.2, 0) is 9.53 Å². The van der Waals surface area contributed by atoms with Gasteiger partial charge in [0.15, 0.2) is 0 Å². The van der Waals surface area contributed by atoms with Crippen LogP contribution >= 0.6 is 11.6 Å². The first-order valence-corrected chi connectivity index (χ1v) is 12.3. The highest BCUT2D eigenvalue weighted by atomic mass is 35.5. The molecule has 182 valence electrons. The SMILES string of the molecule is COc1ccc(Cl)c2c1N(C(=O)OCC1c3ccccc3-c3ccccc31)[C@@H](C(=O)O)[C@H]1CC=C[C@@H]21. The summed E-state index contributed by atoms with van der Waals surface area (Å²) in [5.74, 6) is -1.42. The average molecular weight is 502 g/mol. The first-order chi connectivity index (χ1) is 17.5. The number of methoxy groups -OCH3 is 1. The summed E-state index contributed by atoms with van der Waals surface area (Å²) in [4.78, 5) is 27.5. The van der Waals surface area contributed by atoms with E-state index in [2.05, 4.69) is 12.1 Å². The maximum Gasteiger partial charge on any atom is 0.415 e. The minimum atomic E-state index is -1.11. The standard InChI is InChI=1S/C29H24ClNO5/c1-35-24-14-13-23(30)25-20-11-6-12-21(20)26(28(32)33)31(27(24)25)29(34)36-15-22-18-9-4-2-7-16(18)17-8-3-5-10-19(17)22/h2-11,13-14,20-22,26H,12,15H2,1H3,(H,32,33)/t20-,21+,26-/m1/s1. The van der Waals surface area contributed by atoms with Crippen LogP contribution in [0.5, 0.6) is 5.75 Å². The average Bonchev–Trinajstić information content (AvgIpc) is 3.49. The zero-order valence-corrected chi connectivity index (χ0v) is 20.3. The lowest BCUT2D eigenvalue weighted by Crippen LogP contribution is -2.54. The molecule has 3 aliphatic rings. The summed E-state index contributed by atoms with van der Waals surface area (Å²) in [6, 6.07) is 18.4. The summed E-state index contributed by atoms with van der Waals surface area (Å²) >= 11 is 6.61. The van der Waals surface area contributed by atoms with E-state index in [0.717, 1.165) is 22.3 Å². The number of halogens is 1. The fourth-order valence-electron chi connectivity index (χ4n) is 6.09. The molecule has 1 amide bonds. The smallest absolute Gasteiger partial charge is 0.415 e. The van der Waals surface area contributed by atoms with E-state index in [1.807, 2.05) is 48.6 Å². The highest BCUT2D eigenvalue weighted by Crippen LogP contribution is 2.53. The van der Waals surface area contributed by atoms with Crippen LogP contribution in [0.15, 0.2) is 72.8 Å². The van der Waals surface area contributed by atoms with Gasteiger partial charge in [0.05, 0.1) is 12.8 Å². The molecule has 3 aromatic rings. The van der Waals surface area contributed by atoms with Gasteiger partial charge in [-0.2, -0.15) is 0 Å². The number of amides is 1. The number of aliphatic carboxylic acids is 1. The molecule has 3 aromatic carbocycles. The molecule has 7 heteroatoms. The summed E-state index contributed by atoms with van der Waals surface area (Å²) < 4.78 is 11.5. The second-order valence-electron chi connectivity index (χ2n) is 9.32. The lowest BCUT2D eigenvalue weighted by Gasteiger charge is -2.42. The quantitative estimate of drug-likeness (QED) is 0.429. The minimum Gasteiger partial charge on any atom is -0.495 e. The molecular formula is C29H24ClNO5. The van der Waals surface area contributed by atoms with Gasteiger partial charge < -0.3 is 14.6 Å². The Kier molecular flexibility index (Phi) is 5.49. The van der Waals surface area contributed by atoms with Gasteiger partial charge >= 0.3 is 12.1 Å². The molecule has 6 nitrogen and oxygen atoms in total. The van der Waals surface area contributed by atoms with Crippen molar-refractivity contribution in [1.29, 1.82) is 0 Å². The summed E-state index contributed by atoms with van der Waals surface area (Å²) in [6.45, 7) is 0.0836. The predicted molar refractivity (Wildman–Crippen MR) is 137 cm³/mol. The number of allylic oxidation sites excluding steroid dienone is 2. The van der Waals surface area contributed by atoms with Gasteiger partial charge in [-0.3, -0.25) is 4.90 Å². The Balaban J connectivity index is 1.38. The maximum absolute atomic E-state index is 13.7. The number of carboxylic acid groups (broad SMARTS) is 1. The van der Waals surface area contributed by atoms with Crippen LogP contribution in [0.2, 0.25) is 5.02 Å². The minimum absolute atomic E-state index is 0.0836. The molecular weight excluding hydrogens is 478 g/mol. The zero-order chi connectivity index (χ0) is 25.0. The van der Waals surface area contributed by atoms with Crippen LogP contribution in [0.25, 0.3) is 11.1 Å².